The third kappa shape index (κ3) is 2.57. The van der Waals surface area contributed by atoms with E-state index >= 15 is 0 Å². The standard InChI is InChI=1S/C15H15N3O/c19-15(16-11-12-6-2-1-3-7-12)14-10-13-8-4-5-9-18(13)17-14/h2,4-10H,1,3,11H2,(H,16,19). The number of amides is 1. The van der Waals surface area contributed by atoms with Crippen LogP contribution in [0.5, 0.6) is 0 Å². The molecule has 0 fully saturated rings. The topological polar surface area (TPSA) is 46.4 Å². The smallest absolute Gasteiger partial charge is 0.272 e. The average Bonchev–Trinajstić information content (AvgIpc) is 2.90. The van der Waals surface area contributed by atoms with Crippen LogP contribution >= 0.6 is 0 Å². The highest BCUT2D eigenvalue weighted by atomic mass is 16.1. The molecule has 0 atom stereocenters. The number of hydrogen-bond acceptors (Lipinski definition) is 2. The predicted molar refractivity (Wildman–Crippen MR) is 74.0 cm³/mol. The molecule has 0 aromatic carbocycles. The molecule has 2 aromatic heterocycles. The van der Waals surface area contributed by atoms with E-state index in [0.717, 1.165) is 23.9 Å². The lowest BCUT2D eigenvalue weighted by molar-refractivity contribution is 0.0952. The summed E-state index contributed by atoms with van der Waals surface area (Å²) in [5.74, 6) is -0.136. The summed E-state index contributed by atoms with van der Waals surface area (Å²) in [4.78, 5) is 12.0. The van der Waals surface area contributed by atoms with Gasteiger partial charge in [0.1, 0.15) is 0 Å². The van der Waals surface area contributed by atoms with Crippen molar-refractivity contribution >= 4 is 11.4 Å². The summed E-state index contributed by atoms with van der Waals surface area (Å²) in [6.07, 6.45) is 10.3. The van der Waals surface area contributed by atoms with Gasteiger partial charge >= 0.3 is 0 Å². The molecule has 0 saturated carbocycles. The molecule has 19 heavy (non-hydrogen) atoms. The fourth-order valence-corrected chi connectivity index (χ4v) is 2.12. The van der Waals surface area contributed by atoms with Crippen LogP contribution < -0.4 is 5.32 Å². The first-order valence-corrected chi connectivity index (χ1v) is 6.41. The van der Waals surface area contributed by atoms with Gasteiger partial charge in [0.25, 0.3) is 5.91 Å². The Bertz CT molecular complexity index is 634. The number of carbonyl (C=O) groups excluding carboxylic acids is 1. The van der Waals surface area contributed by atoms with E-state index in [1.165, 1.54) is 0 Å². The lowest BCUT2D eigenvalue weighted by Crippen LogP contribution is -2.25. The highest BCUT2D eigenvalue weighted by Gasteiger charge is 2.10. The van der Waals surface area contributed by atoms with Gasteiger partial charge in [-0.05, 0) is 36.6 Å². The lowest BCUT2D eigenvalue weighted by Gasteiger charge is -2.07. The highest BCUT2D eigenvalue weighted by molar-refractivity contribution is 5.93. The Morgan fingerprint density at radius 1 is 1.37 bits per heavy atom. The van der Waals surface area contributed by atoms with E-state index in [9.17, 15) is 4.79 Å². The van der Waals surface area contributed by atoms with Crippen LogP contribution in [0, 0.1) is 0 Å². The van der Waals surface area contributed by atoms with Gasteiger partial charge in [0.2, 0.25) is 0 Å². The highest BCUT2D eigenvalue weighted by Crippen LogP contribution is 2.09. The van der Waals surface area contributed by atoms with Crippen molar-refractivity contribution < 1.29 is 4.79 Å². The molecule has 0 aliphatic heterocycles. The third-order valence-electron chi connectivity index (χ3n) is 3.13. The zero-order valence-corrected chi connectivity index (χ0v) is 10.5. The van der Waals surface area contributed by atoms with Crippen molar-refractivity contribution in [2.75, 3.05) is 6.54 Å². The summed E-state index contributed by atoms with van der Waals surface area (Å²) < 4.78 is 1.70. The Labute approximate surface area is 111 Å². The fourth-order valence-electron chi connectivity index (χ4n) is 2.12. The first-order chi connectivity index (χ1) is 9.33. The van der Waals surface area contributed by atoms with Crippen LogP contribution in [0.2, 0.25) is 0 Å². The number of rotatable bonds is 3. The molecule has 4 nitrogen and oxygen atoms in total. The van der Waals surface area contributed by atoms with E-state index in [-0.39, 0.29) is 5.91 Å². The van der Waals surface area contributed by atoms with Crippen LogP contribution in [0.1, 0.15) is 23.3 Å². The zero-order chi connectivity index (χ0) is 13.1. The summed E-state index contributed by atoms with van der Waals surface area (Å²) in [7, 11) is 0. The van der Waals surface area contributed by atoms with Crippen LogP contribution in [0.4, 0.5) is 0 Å². The zero-order valence-electron chi connectivity index (χ0n) is 10.5. The second kappa shape index (κ2) is 5.10. The Balaban J connectivity index is 1.69. The normalized spacial score (nSPS) is 14.4. The van der Waals surface area contributed by atoms with Crippen molar-refractivity contribution in [3.63, 3.8) is 0 Å². The van der Waals surface area contributed by atoms with E-state index < -0.39 is 0 Å². The van der Waals surface area contributed by atoms with E-state index in [1.807, 2.05) is 24.4 Å². The minimum Gasteiger partial charge on any atom is -0.347 e. The molecule has 0 saturated heterocycles. The van der Waals surface area contributed by atoms with Crippen LogP contribution in [0.25, 0.3) is 5.52 Å². The van der Waals surface area contributed by atoms with Gasteiger partial charge in [0, 0.05) is 12.7 Å². The molecule has 1 N–H and O–H groups in total. The van der Waals surface area contributed by atoms with Crippen molar-refractivity contribution in [2.45, 2.75) is 12.8 Å². The molecule has 0 spiro atoms. The lowest BCUT2D eigenvalue weighted by atomic mass is 10.1. The number of hydrogen-bond donors (Lipinski definition) is 1. The predicted octanol–water partition coefficient (Wildman–Crippen LogP) is 2.34. The number of aromatic nitrogens is 2. The largest absolute Gasteiger partial charge is 0.347 e. The quantitative estimate of drug-likeness (QED) is 0.912. The Morgan fingerprint density at radius 3 is 3.11 bits per heavy atom. The second-order valence-corrected chi connectivity index (χ2v) is 4.54. The molecular formula is C15H15N3O. The van der Waals surface area contributed by atoms with Gasteiger partial charge in [-0.15, -0.1) is 0 Å². The molecule has 2 aromatic rings. The number of allylic oxidation sites excluding steroid dienone is 2. The van der Waals surface area contributed by atoms with Gasteiger partial charge in [-0.1, -0.05) is 24.3 Å². The summed E-state index contributed by atoms with van der Waals surface area (Å²) in [6.45, 7) is 0.559. The molecule has 96 valence electrons. The van der Waals surface area contributed by atoms with Crippen molar-refractivity contribution in [3.05, 3.63) is 60.0 Å². The maximum Gasteiger partial charge on any atom is 0.272 e. The third-order valence-corrected chi connectivity index (χ3v) is 3.13. The summed E-state index contributed by atoms with van der Waals surface area (Å²) >= 11 is 0. The minimum absolute atomic E-state index is 0.136. The molecule has 1 aliphatic carbocycles. The van der Waals surface area contributed by atoms with Gasteiger partial charge < -0.3 is 5.32 Å². The van der Waals surface area contributed by atoms with Gasteiger partial charge in [-0.25, -0.2) is 4.52 Å². The minimum atomic E-state index is -0.136. The maximum absolute atomic E-state index is 12.0. The molecular weight excluding hydrogens is 238 g/mol. The number of nitrogens with zero attached hydrogens (tertiary/aromatic N) is 2. The van der Waals surface area contributed by atoms with Crippen LogP contribution in [0.3, 0.4) is 0 Å². The molecule has 0 unspecified atom stereocenters. The van der Waals surface area contributed by atoms with E-state index in [4.69, 9.17) is 0 Å². The maximum atomic E-state index is 12.0. The molecule has 3 rings (SSSR count). The first kappa shape index (κ1) is 11.7. The monoisotopic (exact) mass is 253 g/mol. The first-order valence-electron chi connectivity index (χ1n) is 6.41. The summed E-state index contributed by atoms with van der Waals surface area (Å²) in [6, 6.07) is 7.53. The molecule has 2 heterocycles. The summed E-state index contributed by atoms with van der Waals surface area (Å²) in [5.41, 5.74) is 2.53. The molecule has 1 amide bonds. The van der Waals surface area contributed by atoms with Gasteiger partial charge in [0.05, 0.1) is 5.52 Å². The fraction of sp³-hybridized carbons (Fsp3) is 0.200. The number of fused-ring (bicyclic) bond motifs is 1. The van der Waals surface area contributed by atoms with E-state index in [0.29, 0.717) is 12.2 Å². The van der Waals surface area contributed by atoms with E-state index in [1.54, 1.807) is 10.6 Å². The Hall–Kier alpha value is -2.36. The van der Waals surface area contributed by atoms with Gasteiger partial charge in [0.15, 0.2) is 5.69 Å². The number of nitrogens with one attached hydrogen (secondary N) is 1. The van der Waals surface area contributed by atoms with Gasteiger partial charge in [-0.2, -0.15) is 5.10 Å². The van der Waals surface area contributed by atoms with Crippen molar-refractivity contribution in [1.82, 2.24) is 14.9 Å². The molecule has 4 heteroatoms. The Kier molecular flexibility index (Phi) is 3.14. The molecule has 0 bridgehead atoms. The van der Waals surface area contributed by atoms with Crippen molar-refractivity contribution in [2.24, 2.45) is 0 Å². The van der Waals surface area contributed by atoms with E-state index in [2.05, 4.69) is 28.6 Å². The van der Waals surface area contributed by atoms with Crippen LogP contribution in [-0.2, 0) is 0 Å². The summed E-state index contributed by atoms with van der Waals surface area (Å²) in [5, 5.41) is 7.14. The second-order valence-electron chi connectivity index (χ2n) is 4.54. The number of pyridine rings is 1. The number of carbonyl (C=O) groups is 1. The van der Waals surface area contributed by atoms with Crippen molar-refractivity contribution in [3.8, 4) is 0 Å². The molecule has 1 aliphatic rings. The van der Waals surface area contributed by atoms with Crippen molar-refractivity contribution in [1.29, 1.82) is 0 Å². The Morgan fingerprint density at radius 2 is 2.32 bits per heavy atom. The van der Waals surface area contributed by atoms with Gasteiger partial charge in [-0.3, -0.25) is 4.79 Å². The SMILES string of the molecule is O=C(NCC1=CCCC=C1)c1cc2ccccn2n1. The van der Waals surface area contributed by atoms with Crippen LogP contribution in [-0.4, -0.2) is 22.1 Å². The van der Waals surface area contributed by atoms with Crippen LogP contribution in [0.15, 0.2) is 54.3 Å². The average molecular weight is 253 g/mol. The molecule has 0 radical (unpaired) electrons.